The number of ether oxygens (including phenoxy) is 2. The molecule has 0 saturated heterocycles. The van der Waals surface area contributed by atoms with E-state index in [1.165, 1.54) is 7.11 Å². The van der Waals surface area contributed by atoms with E-state index >= 15 is 0 Å². The molecule has 230 valence electrons. The number of rotatable bonds is 15. The van der Waals surface area contributed by atoms with Crippen LogP contribution in [0.15, 0.2) is 52.4 Å². The van der Waals surface area contributed by atoms with Crippen molar-refractivity contribution in [3.8, 4) is 0 Å². The van der Waals surface area contributed by atoms with Crippen LogP contribution in [0, 0.1) is 20.8 Å². The minimum absolute atomic E-state index is 0.0527. The molecule has 0 aromatic heterocycles. The van der Waals surface area contributed by atoms with Crippen molar-refractivity contribution in [1.82, 2.24) is 15.4 Å². The molecule has 2 aromatic carbocycles. The number of carbonyl (C=O) groups excluding carboxylic acids is 3. The Hall–Kier alpha value is -4.01. The molecule has 2 atom stereocenters. The van der Waals surface area contributed by atoms with E-state index in [4.69, 9.17) is 20.9 Å². The van der Waals surface area contributed by atoms with Crippen LogP contribution in [0.3, 0.4) is 0 Å². The van der Waals surface area contributed by atoms with E-state index in [2.05, 4.69) is 20.3 Å². The molecule has 42 heavy (non-hydrogen) atoms. The second-order valence-electron chi connectivity index (χ2n) is 9.65. The van der Waals surface area contributed by atoms with Crippen LogP contribution in [-0.2, 0) is 40.5 Å². The molecule has 0 radical (unpaired) electrons. The largest absolute Gasteiger partial charge is 0.467 e. The molecular formula is C28H40N6O7S. The van der Waals surface area contributed by atoms with Crippen LogP contribution < -0.4 is 26.8 Å². The Kier molecular flexibility index (Phi) is 13.4. The number of aryl methyl sites for hydroxylation is 3. The van der Waals surface area contributed by atoms with Crippen LogP contribution in [0.2, 0.25) is 0 Å². The highest BCUT2D eigenvalue weighted by Gasteiger charge is 2.27. The standard InChI is InChI=1S/C28H40N6O7S/c1-18-13-19(2)25(20(3)14-18)42(38,39)34-28(30)31-12-8-11-22(27(37)40-4)33-26(36)23(32-24(35)15-29)17-41-16-21-9-6-5-7-10-21/h5-7,9-10,13-14,22-23H,8,11-12,15-17,29H2,1-4H3,(H,32,35)(H,33,36)(H3,30,31,34)/t22-,23-/m0/s1. The first kappa shape index (κ1) is 34.2. The number of nitrogens with zero attached hydrogens (tertiary/aromatic N) is 1. The lowest BCUT2D eigenvalue weighted by molar-refractivity contribution is -0.145. The Morgan fingerprint density at radius 1 is 1.00 bits per heavy atom. The zero-order valence-electron chi connectivity index (χ0n) is 24.3. The van der Waals surface area contributed by atoms with E-state index in [0.717, 1.165) is 11.1 Å². The third-order valence-electron chi connectivity index (χ3n) is 6.08. The number of benzene rings is 2. The summed E-state index contributed by atoms with van der Waals surface area (Å²) < 4.78 is 38.4. The Labute approximate surface area is 246 Å². The fourth-order valence-electron chi connectivity index (χ4n) is 4.28. The van der Waals surface area contributed by atoms with Crippen LogP contribution in [0.1, 0.15) is 35.1 Å². The second kappa shape index (κ2) is 16.4. The number of nitrogens with one attached hydrogen (secondary N) is 3. The predicted octanol–water partition coefficient (Wildman–Crippen LogP) is 0.303. The lowest BCUT2D eigenvalue weighted by Crippen LogP contribution is -2.54. The lowest BCUT2D eigenvalue weighted by Gasteiger charge is -2.22. The summed E-state index contributed by atoms with van der Waals surface area (Å²) in [5.41, 5.74) is 14.2. The predicted molar refractivity (Wildman–Crippen MR) is 158 cm³/mol. The zero-order chi connectivity index (χ0) is 31.3. The molecule has 0 unspecified atom stereocenters. The highest BCUT2D eigenvalue weighted by molar-refractivity contribution is 7.90. The summed E-state index contributed by atoms with van der Waals surface area (Å²) in [7, 11) is -2.79. The molecule has 0 aliphatic carbocycles. The molecule has 2 amide bonds. The van der Waals surface area contributed by atoms with Gasteiger partial charge in [-0.2, -0.15) is 0 Å². The Morgan fingerprint density at radius 2 is 1.64 bits per heavy atom. The highest BCUT2D eigenvalue weighted by Crippen LogP contribution is 2.21. The second-order valence-corrected chi connectivity index (χ2v) is 11.3. The molecule has 0 saturated carbocycles. The maximum absolute atomic E-state index is 13.0. The molecule has 2 rings (SSSR count). The number of nitrogens with two attached hydrogens (primary N) is 2. The zero-order valence-corrected chi connectivity index (χ0v) is 25.1. The first-order valence-corrected chi connectivity index (χ1v) is 14.8. The number of sulfonamides is 1. The third kappa shape index (κ3) is 10.8. The van der Waals surface area contributed by atoms with Gasteiger partial charge in [0.1, 0.15) is 12.1 Å². The summed E-state index contributed by atoms with van der Waals surface area (Å²) >= 11 is 0. The monoisotopic (exact) mass is 604 g/mol. The highest BCUT2D eigenvalue weighted by atomic mass is 32.2. The van der Waals surface area contributed by atoms with Gasteiger partial charge in [-0.05, 0) is 50.3 Å². The van der Waals surface area contributed by atoms with E-state index in [1.807, 2.05) is 37.3 Å². The topological polar surface area (TPSA) is 204 Å². The smallest absolute Gasteiger partial charge is 0.328 e. The average molecular weight is 605 g/mol. The Morgan fingerprint density at radius 3 is 2.24 bits per heavy atom. The lowest BCUT2D eigenvalue weighted by atomic mass is 10.1. The van der Waals surface area contributed by atoms with E-state index in [0.29, 0.717) is 11.1 Å². The molecule has 13 nitrogen and oxygen atoms in total. The number of hydrogen-bond donors (Lipinski definition) is 5. The van der Waals surface area contributed by atoms with E-state index in [9.17, 15) is 22.8 Å². The molecule has 0 aliphatic heterocycles. The molecule has 14 heteroatoms. The normalized spacial score (nSPS) is 13.1. The molecule has 0 heterocycles. The summed E-state index contributed by atoms with van der Waals surface area (Å²) in [5, 5.41) is 5.06. The van der Waals surface area contributed by atoms with Gasteiger partial charge < -0.3 is 31.6 Å². The van der Waals surface area contributed by atoms with Crippen LogP contribution >= 0.6 is 0 Å². The number of amides is 2. The van der Waals surface area contributed by atoms with Gasteiger partial charge in [-0.1, -0.05) is 48.0 Å². The quantitative estimate of drug-likeness (QED) is 0.0820. The first-order chi connectivity index (χ1) is 19.9. The van der Waals surface area contributed by atoms with Crippen LogP contribution in [-0.4, -0.2) is 71.1 Å². The molecule has 0 aliphatic rings. The summed E-state index contributed by atoms with van der Waals surface area (Å²) in [6.45, 7) is 5.03. The van der Waals surface area contributed by atoms with Gasteiger partial charge in [-0.25, -0.2) is 17.9 Å². The van der Waals surface area contributed by atoms with Crippen molar-refractivity contribution >= 4 is 33.8 Å². The van der Waals surface area contributed by atoms with E-state index < -0.39 is 39.9 Å². The minimum Gasteiger partial charge on any atom is -0.467 e. The fraction of sp³-hybridized carbons (Fsp3) is 0.429. The Bertz CT molecular complexity index is 1340. The van der Waals surface area contributed by atoms with Gasteiger partial charge in [-0.3, -0.25) is 14.6 Å². The molecule has 2 aromatic rings. The summed E-state index contributed by atoms with van der Waals surface area (Å²) in [6.07, 6.45) is 0.343. The molecule has 7 N–H and O–H groups in total. The van der Waals surface area contributed by atoms with Gasteiger partial charge in [0, 0.05) is 6.54 Å². The molecule has 0 bridgehead atoms. The number of aliphatic imine (C=N–C) groups is 1. The average Bonchev–Trinajstić information content (AvgIpc) is 2.92. The molecule has 0 fully saturated rings. The van der Waals surface area contributed by atoms with Crippen molar-refractivity contribution < 1.29 is 32.3 Å². The van der Waals surface area contributed by atoms with Crippen LogP contribution in [0.25, 0.3) is 0 Å². The van der Waals surface area contributed by atoms with Gasteiger partial charge in [0.15, 0.2) is 0 Å². The van der Waals surface area contributed by atoms with Gasteiger partial charge >= 0.3 is 5.97 Å². The fourth-order valence-corrected chi connectivity index (χ4v) is 5.68. The van der Waals surface area contributed by atoms with Gasteiger partial charge in [0.25, 0.3) is 10.0 Å². The van der Waals surface area contributed by atoms with Crippen molar-refractivity contribution in [2.24, 2.45) is 16.5 Å². The summed E-state index contributed by atoms with van der Waals surface area (Å²) in [4.78, 5) is 41.5. The number of esters is 1. The Balaban J connectivity index is 1.99. The van der Waals surface area contributed by atoms with Crippen molar-refractivity contribution in [3.63, 3.8) is 0 Å². The van der Waals surface area contributed by atoms with Gasteiger partial charge in [-0.15, -0.1) is 0 Å². The van der Waals surface area contributed by atoms with Crippen molar-refractivity contribution in [1.29, 1.82) is 0 Å². The van der Waals surface area contributed by atoms with Gasteiger partial charge in [0.2, 0.25) is 17.8 Å². The van der Waals surface area contributed by atoms with Crippen LogP contribution in [0.4, 0.5) is 0 Å². The number of carbonyl (C=O) groups is 3. The molecule has 0 spiro atoms. The maximum atomic E-state index is 13.0. The summed E-state index contributed by atoms with van der Waals surface area (Å²) in [5.74, 6) is -2.26. The first-order valence-electron chi connectivity index (χ1n) is 13.3. The van der Waals surface area contributed by atoms with Gasteiger partial charge in [0.05, 0.1) is 31.8 Å². The van der Waals surface area contributed by atoms with E-state index in [-0.39, 0.29) is 50.0 Å². The van der Waals surface area contributed by atoms with Crippen molar-refractivity contribution in [3.05, 3.63) is 64.7 Å². The maximum Gasteiger partial charge on any atom is 0.328 e. The number of methoxy groups -OCH3 is 1. The van der Waals surface area contributed by atoms with Crippen molar-refractivity contribution in [2.75, 3.05) is 26.8 Å². The van der Waals surface area contributed by atoms with Crippen molar-refractivity contribution in [2.45, 2.75) is 57.2 Å². The molecular weight excluding hydrogens is 564 g/mol. The number of guanidine groups is 1. The number of hydrogen-bond acceptors (Lipinski definition) is 9. The SMILES string of the molecule is COC(=O)[C@H](CCCN=C(N)NS(=O)(=O)c1c(C)cc(C)cc1C)NC(=O)[C@H](COCc1ccccc1)NC(=O)CN. The minimum atomic E-state index is -3.96. The van der Waals surface area contributed by atoms with Crippen LogP contribution in [0.5, 0.6) is 0 Å². The van der Waals surface area contributed by atoms with E-state index in [1.54, 1.807) is 26.0 Å². The summed E-state index contributed by atoms with van der Waals surface area (Å²) in [6, 6.07) is 10.6. The third-order valence-corrected chi connectivity index (χ3v) is 7.74.